The molecule has 17 heavy (non-hydrogen) atoms. The van der Waals surface area contributed by atoms with E-state index < -0.39 is 0 Å². The first-order chi connectivity index (χ1) is 8.06. The lowest BCUT2D eigenvalue weighted by Gasteiger charge is -2.18. The SMILES string of the molecule is CCn1nc(C)cc1CC(COC(C)C)NC. The molecule has 1 rings (SSSR count). The van der Waals surface area contributed by atoms with E-state index in [0.29, 0.717) is 6.04 Å². The highest BCUT2D eigenvalue weighted by Crippen LogP contribution is 2.07. The van der Waals surface area contributed by atoms with Crippen LogP contribution in [0.5, 0.6) is 0 Å². The molecule has 0 saturated carbocycles. The van der Waals surface area contributed by atoms with Gasteiger partial charge in [-0.25, -0.2) is 0 Å². The summed E-state index contributed by atoms with van der Waals surface area (Å²) in [5.41, 5.74) is 2.36. The van der Waals surface area contributed by atoms with E-state index in [1.807, 2.05) is 14.0 Å². The molecule has 0 aliphatic heterocycles. The smallest absolute Gasteiger partial charge is 0.0626 e. The minimum Gasteiger partial charge on any atom is -0.377 e. The summed E-state index contributed by atoms with van der Waals surface area (Å²) in [6, 6.07) is 2.50. The van der Waals surface area contributed by atoms with Gasteiger partial charge < -0.3 is 10.1 Å². The number of aromatic nitrogens is 2. The molecule has 0 spiro atoms. The lowest BCUT2D eigenvalue weighted by Crippen LogP contribution is -2.34. The molecule has 4 heteroatoms. The van der Waals surface area contributed by atoms with E-state index in [1.54, 1.807) is 0 Å². The van der Waals surface area contributed by atoms with E-state index >= 15 is 0 Å². The molecule has 0 saturated heterocycles. The van der Waals surface area contributed by atoms with Gasteiger partial charge in [0, 0.05) is 24.7 Å². The highest BCUT2D eigenvalue weighted by atomic mass is 16.5. The zero-order valence-corrected chi connectivity index (χ0v) is 11.7. The summed E-state index contributed by atoms with van der Waals surface area (Å²) in [4.78, 5) is 0. The van der Waals surface area contributed by atoms with E-state index in [-0.39, 0.29) is 6.10 Å². The maximum absolute atomic E-state index is 5.66. The number of hydrogen-bond acceptors (Lipinski definition) is 3. The first kappa shape index (κ1) is 14.2. The van der Waals surface area contributed by atoms with Gasteiger partial charge in [0.05, 0.1) is 18.4 Å². The van der Waals surface area contributed by atoms with Crippen LogP contribution in [0.2, 0.25) is 0 Å². The second-order valence-corrected chi connectivity index (χ2v) is 4.66. The normalized spacial score (nSPS) is 13.3. The van der Waals surface area contributed by atoms with Crippen molar-refractivity contribution >= 4 is 0 Å². The van der Waals surface area contributed by atoms with Crippen LogP contribution in [0, 0.1) is 6.92 Å². The number of rotatable bonds is 7. The molecule has 1 N–H and O–H groups in total. The summed E-state index contributed by atoms with van der Waals surface area (Å²) in [6.45, 7) is 9.94. The van der Waals surface area contributed by atoms with Crippen molar-refractivity contribution in [2.24, 2.45) is 0 Å². The summed E-state index contributed by atoms with van der Waals surface area (Å²) in [7, 11) is 1.98. The monoisotopic (exact) mass is 239 g/mol. The molecule has 0 aliphatic carbocycles. The lowest BCUT2D eigenvalue weighted by atomic mass is 10.1. The van der Waals surface area contributed by atoms with Crippen molar-refractivity contribution in [1.29, 1.82) is 0 Å². The van der Waals surface area contributed by atoms with Crippen molar-refractivity contribution in [2.75, 3.05) is 13.7 Å². The summed E-state index contributed by atoms with van der Waals surface area (Å²) < 4.78 is 7.72. The van der Waals surface area contributed by atoms with Gasteiger partial charge in [-0.1, -0.05) is 0 Å². The Morgan fingerprint density at radius 1 is 1.47 bits per heavy atom. The molecule has 98 valence electrons. The Bertz CT molecular complexity index is 333. The van der Waals surface area contributed by atoms with Gasteiger partial charge in [0.15, 0.2) is 0 Å². The van der Waals surface area contributed by atoms with E-state index in [1.165, 1.54) is 5.69 Å². The van der Waals surface area contributed by atoms with Crippen molar-refractivity contribution in [3.05, 3.63) is 17.5 Å². The zero-order valence-electron chi connectivity index (χ0n) is 11.7. The fourth-order valence-corrected chi connectivity index (χ4v) is 1.84. The summed E-state index contributed by atoms with van der Waals surface area (Å²) in [5.74, 6) is 0. The molecular formula is C13H25N3O. The average Bonchev–Trinajstić information content (AvgIpc) is 2.64. The lowest BCUT2D eigenvalue weighted by molar-refractivity contribution is 0.0624. The van der Waals surface area contributed by atoms with Crippen molar-refractivity contribution in [1.82, 2.24) is 15.1 Å². The Kier molecular flexibility index (Phi) is 5.65. The fraction of sp³-hybridized carbons (Fsp3) is 0.769. The minimum atomic E-state index is 0.281. The quantitative estimate of drug-likeness (QED) is 0.788. The van der Waals surface area contributed by atoms with Crippen LogP contribution in [0.4, 0.5) is 0 Å². The number of ether oxygens (including phenoxy) is 1. The number of nitrogens with zero attached hydrogens (tertiary/aromatic N) is 2. The van der Waals surface area contributed by atoms with Crippen LogP contribution in [0.3, 0.4) is 0 Å². The molecule has 0 aromatic carbocycles. The predicted octanol–water partition coefficient (Wildman–Crippen LogP) is 1.77. The van der Waals surface area contributed by atoms with Gasteiger partial charge in [-0.3, -0.25) is 4.68 Å². The van der Waals surface area contributed by atoms with Gasteiger partial charge in [0.2, 0.25) is 0 Å². The van der Waals surface area contributed by atoms with Crippen LogP contribution in [-0.4, -0.2) is 35.6 Å². The topological polar surface area (TPSA) is 39.1 Å². The van der Waals surface area contributed by atoms with E-state index in [2.05, 4.69) is 41.9 Å². The number of likely N-dealkylation sites (N-methyl/N-ethyl adjacent to an activating group) is 1. The second-order valence-electron chi connectivity index (χ2n) is 4.66. The van der Waals surface area contributed by atoms with E-state index in [0.717, 1.165) is 25.3 Å². The molecule has 1 aromatic heterocycles. The van der Waals surface area contributed by atoms with Crippen LogP contribution in [0.1, 0.15) is 32.2 Å². The molecule has 1 aromatic rings. The van der Waals surface area contributed by atoms with Crippen molar-refractivity contribution in [3.63, 3.8) is 0 Å². The first-order valence-corrected chi connectivity index (χ1v) is 6.39. The van der Waals surface area contributed by atoms with Gasteiger partial charge >= 0.3 is 0 Å². The fourth-order valence-electron chi connectivity index (χ4n) is 1.84. The third-order valence-electron chi connectivity index (χ3n) is 2.78. The van der Waals surface area contributed by atoms with Crippen LogP contribution in [0.25, 0.3) is 0 Å². The molecule has 1 atom stereocenters. The van der Waals surface area contributed by atoms with Gasteiger partial charge in [-0.05, 0) is 40.8 Å². The Labute approximate surface area is 104 Å². The third kappa shape index (κ3) is 4.48. The molecule has 1 unspecified atom stereocenters. The van der Waals surface area contributed by atoms with Crippen LogP contribution in [0.15, 0.2) is 6.07 Å². The van der Waals surface area contributed by atoms with Gasteiger partial charge in [0.25, 0.3) is 0 Å². The predicted molar refractivity (Wildman–Crippen MR) is 70.3 cm³/mol. The number of aryl methyl sites for hydroxylation is 2. The Morgan fingerprint density at radius 3 is 2.71 bits per heavy atom. The molecule has 4 nitrogen and oxygen atoms in total. The zero-order chi connectivity index (χ0) is 12.8. The van der Waals surface area contributed by atoms with E-state index in [4.69, 9.17) is 4.74 Å². The molecule has 0 amide bonds. The van der Waals surface area contributed by atoms with Crippen molar-refractivity contribution < 1.29 is 4.74 Å². The summed E-state index contributed by atoms with van der Waals surface area (Å²) in [5, 5.41) is 7.76. The molecule has 0 aliphatic rings. The van der Waals surface area contributed by atoms with Crippen LogP contribution in [-0.2, 0) is 17.7 Å². The number of nitrogens with one attached hydrogen (secondary N) is 1. The largest absolute Gasteiger partial charge is 0.377 e. The molecule has 0 fully saturated rings. The Balaban J connectivity index is 2.59. The van der Waals surface area contributed by atoms with Crippen LogP contribution < -0.4 is 5.32 Å². The molecule has 1 heterocycles. The molecule has 0 radical (unpaired) electrons. The Morgan fingerprint density at radius 2 is 2.18 bits per heavy atom. The second kappa shape index (κ2) is 6.77. The van der Waals surface area contributed by atoms with Crippen molar-refractivity contribution in [2.45, 2.75) is 52.8 Å². The van der Waals surface area contributed by atoms with Gasteiger partial charge in [-0.15, -0.1) is 0 Å². The highest BCUT2D eigenvalue weighted by molar-refractivity contribution is 5.10. The first-order valence-electron chi connectivity index (χ1n) is 6.39. The third-order valence-corrected chi connectivity index (χ3v) is 2.78. The minimum absolute atomic E-state index is 0.281. The Hall–Kier alpha value is -0.870. The summed E-state index contributed by atoms with van der Waals surface area (Å²) in [6.07, 6.45) is 1.24. The van der Waals surface area contributed by atoms with Crippen molar-refractivity contribution in [3.8, 4) is 0 Å². The maximum Gasteiger partial charge on any atom is 0.0626 e. The molecule has 0 bridgehead atoms. The number of hydrogen-bond donors (Lipinski definition) is 1. The highest BCUT2D eigenvalue weighted by Gasteiger charge is 2.12. The van der Waals surface area contributed by atoms with Gasteiger partial charge in [0.1, 0.15) is 0 Å². The van der Waals surface area contributed by atoms with Gasteiger partial charge in [-0.2, -0.15) is 5.10 Å². The molecular weight excluding hydrogens is 214 g/mol. The standard InChI is InChI=1S/C13H25N3O/c1-6-16-13(7-11(4)15-16)8-12(14-5)9-17-10(2)3/h7,10,12,14H,6,8-9H2,1-5H3. The maximum atomic E-state index is 5.66. The van der Waals surface area contributed by atoms with E-state index in [9.17, 15) is 0 Å². The average molecular weight is 239 g/mol. The summed E-state index contributed by atoms with van der Waals surface area (Å²) >= 11 is 0. The van der Waals surface area contributed by atoms with Crippen LogP contribution >= 0.6 is 0 Å².